The summed E-state index contributed by atoms with van der Waals surface area (Å²) in [4.78, 5) is 12.3. The fourth-order valence-corrected chi connectivity index (χ4v) is 4.76. The molecular formula is C23H23BrN2O4S. The molecule has 31 heavy (non-hydrogen) atoms. The molecule has 1 amide bonds. The Labute approximate surface area is 190 Å². The van der Waals surface area contributed by atoms with Gasteiger partial charge in [-0.1, -0.05) is 24.3 Å². The zero-order valence-electron chi connectivity index (χ0n) is 17.4. The summed E-state index contributed by atoms with van der Waals surface area (Å²) in [5.74, 6) is 0.219. The summed E-state index contributed by atoms with van der Waals surface area (Å²) >= 11 is 3.40. The molecule has 3 aromatic rings. The Balaban J connectivity index is 1.63. The molecule has 0 heterocycles. The van der Waals surface area contributed by atoms with E-state index in [1.54, 1.807) is 18.2 Å². The van der Waals surface area contributed by atoms with Crippen molar-refractivity contribution < 1.29 is 17.9 Å². The number of benzene rings is 3. The molecule has 0 saturated carbocycles. The number of hydrogen-bond acceptors (Lipinski definition) is 4. The van der Waals surface area contributed by atoms with E-state index in [9.17, 15) is 13.2 Å². The first-order chi connectivity index (χ1) is 14.7. The third-order valence-corrected chi connectivity index (χ3v) is 6.60. The number of nitrogens with one attached hydrogen (secondary N) is 2. The minimum atomic E-state index is -3.75. The minimum Gasteiger partial charge on any atom is -0.483 e. The molecule has 0 aromatic heterocycles. The van der Waals surface area contributed by atoms with Crippen LogP contribution in [0.3, 0.4) is 0 Å². The predicted octanol–water partition coefficient (Wildman–Crippen LogP) is 5.19. The fourth-order valence-electron chi connectivity index (χ4n) is 2.95. The van der Waals surface area contributed by atoms with Gasteiger partial charge >= 0.3 is 0 Å². The maximum absolute atomic E-state index is 12.7. The molecule has 0 saturated heterocycles. The first-order valence-corrected chi connectivity index (χ1v) is 11.8. The third-order valence-electron chi connectivity index (χ3n) is 4.61. The summed E-state index contributed by atoms with van der Waals surface area (Å²) in [6.45, 7) is 5.49. The molecule has 0 spiro atoms. The molecule has 8 heteroatoms. The van der Waals surface area contributed by atoms with Crippen molar-refractivity contribution >= 4 is 43.2 Å². The van der Waals surface area contributed by atoms with Crippen molar-refractivity contribution in [2.45, 2.75) is 25.7 Å². The number of anilines is 2. The van der Waals surface area contributed by atoms with Crippen LogP contribution >= 0.6 is 15.9 Å². The lowest BCUT2D eigenvalue weighted by atomic mass is 10.1. The largest absolute Gasteiger partial charge is 0.483 e. The van der Waals surface area contributed by atoms with Gasteiger partial charge in [-0.3, -0.25) is 9.52 Å². The highest BCUT2D eigenvalue weighted by atomic mass is 79.9. The second-order valence-corrected chi connectivity index (χ2v) is 9.70. The standard InChI is InChI=1S/C23H23BrN2O4S/c1-15-7-12-21(20(24)13-15)30-14-22(27)25-18-8-10-19(11-9-18)31(28,29)26-23-16(2)5-4-6-17(23)3/h4-13,26H,14H2,1-3H3,(H,25,27). The van der Waals surface area contributed by atoms with Crippen molar-refractivity contribution in [1.29, 1.82) is 0 Å². The Bertz CT molecular complexity index is 1190. The number of para-hydroxylation sites is 1. The topological polar surface area (TPSA) is 84.5 Å². The molecule has 3 aromatic carbocycles. The normalized spacial score (nSPS) is 11.1. The van der Waals surface area contributed by atoms with Crippen molar-refractivity contribution in [2.75, 3.05) is 16.6 Å². The maximum Gasteiger partial charge on any atom is 0.262 e. The molecule has 0 atom stereocenters. The van der Waals surface area contributed by atoms with Crippen LogP contribution in [0.2, 0.25) is 0 Å². The summed E-state index contributed by atoms with van der Waals surface area (Å²) in [6.07, 6.45) is 0. The Morgan fingerprint density at radius 3 is 2.23 bits per heavy atom. The van der Waals surface area contributed by atoms with Gasteiger partial charge in [-0.05, 0) is 89.8 Å². The molecule has 3 rings (SSSR count). The van der Waals surface area contributed by atoms with Crippen molar-refractivity contribution in [2.24, 2.45) is 0 Å². The van der Waals surface area contributed by atoms with Crippen LogP contribution in [0.1, 0.15) is 16.7 Å². The minimum absolute atomic E-state index is 0.105. The maximum atomic E-state index is 12.7. The summed E-state index contributed by atoms with van der Waals surface area (Å²) in [5, 5.41) is 2.70. The van der Waals surface area contributed by atoms with Gasteiger partial charge in [0.1, 0.15) is 5.75 Å². The Kier molecular flexibility index (Phi) is 7.02. The average molecular weight is 503 g/mol. The number of carbonyl (C=O) groups is 1. The van der Waals surface area contributed by atoms with E-state index in [2.05, 4.69) is 26.0 Å². The molecule has 0 radical (unpaired) electrons. The van der Waals surface area contributed by atoms with Gasteiger partial charge in [0, 0.05) is 5.69 Å². The molecule has 162 valence electrons. The van der Waals surface area contributed by atoms with E-state index in [0.29, 0.717) is 17.1 Å². The van der Waals surface area contributed by atoms with E-state index in [4.69, 9.17) is 4.74 Å². The molecule has 6 nitrogen and oxygen atoms in total. The lowest BCUT2D eigenvalue weighted by molar-refractivity contribution is -0.118. The first-order valence-electron chi connectivity index (χ1n) is 9.53. The number of amides is 1. The van der Waals surface area contributed by atoms with Crippen LogP contribution in [0.4, 0.5) is 11.4 Å². The van der Waals surface area contributed by atoms with Crippen molar-refractivity contribution in [3.8, 4) is 5.75 Å². The van der Waals surface area contributed by atoms with E-state index < -0.39 is 10.0 Å². The summed E-state index contributed by atoms with van der Waals surface area (Å²) in [7, 11) is -3.75. The summed E-state index contributed by atoms with van der Waals surface area (Å²) < 4.78 is 34.4. The van der Waals surface area contributed by atoms with Gasteiger partial charge in [-0.15, -0.1) is 0 Å². The molecule has 2 N–H and O–H groups in total. The monoisotopic (exact) mass is 502 g/mol. The number of rotatable bonds is 7. The van der Waals surface area contributed by atoms with Crippen LogP contribution in [-0.2, 0) is 14.8 Å². The van der Waals surface area contributed by atoms with Gasteiger partial charge < -0.3 is 10.1 Å². The quantitative estimate of drug-likeness (QED) is 0.465. The molecular weight excluding hydrogens is 480 g/mol. The van der Waals surface area contributed by atoms with Gasteiger partial charge in [0.05, 0.1) is 15.1 Å². The van der Waals surface area contributed by atoms with Crippen molar-refractivity contribution in [3.05, 3.63) is 81.8 Å². The number of carbonyl (C=O) groups excluding carboxylic acids is 1. The van der Waals surface area contributed by atoms with Crippen LogP contribution in [0.25, 0.3) is 0 Å². The SMILES string of the molecule is Cc1ccc(OCC(=O)Nc2ccc(S(=O)(=O)Nc3c(C)cccc3C)cc2)c(Br)c1. The van der Waals surface area contributed by atoms with Crippen molar-refractivity contribution in [3.63, 3.8) is 0 Å². The number of hydrogen-bond donors (Lipinski definition) is 2. The summed E-state index contributed by atoms with van der Waals surface area (Å²) in [6, 6.07) is 17.1. The number of sulfonamides is 1. The third kappa shape index (κ3) is 5.86. The molecule has 0 bridgehead atoms. The molecule has 0 aliphatic heterocycles. The Hall–Kier alpha value is -2.84. The summed E-state index contributed by atoms with van der Waals surface area (Å²) in [5.41, 5.74) is 3.80. The zero-order chi connectivity index (χ0) is 22.6. The highest BCUT2D eigenvalue weighted by Crippen LogP contribution is 2.26. The zero-order valence-corrected chi connectivity index (χ0v) is 19.8. The number of halogens is 1. The van der Waals surface area contributed by atoms with Crippen LogP contribution in [-0.4, -0.2) is 20.9 Å². The fraction of sp³-hybridized carbons (Fsp3) is 0.174. The second kappa shape index (κ2) is 9.53. The van der Waals surface area contributed by atoms with E-state index in [1.807, 2.05) is 51.1 Å². The van der Waals surface area contributed by atoms with E-state index in [-0.39, 0.29) is 17.4 Å². The van der Waals surface area contributed by atoms with E-state index in [0.717, 1.165) is 21.2 Å². The van der Waals surface area contributed by atoms with Crippen LogP contribution < -0.4 is 14.8 Å². The van der Waals surface area contributed by atoms with E-state index >= 15 is 0 Å². The van der Waals surface area contributed by atoms with Crippen LogP contribution in [0, 0.1) is 20.8 Å². The molecule has 0 unspecified atom stereocenters. The van der Waals surface area contributed by atoms with Gasteiger partial charge in [-0.2, -0.15) is 0 Å². The second-order valence-electron chi connectivity index (χ2n) is 7.17. The van der Waals surface area contributed by atoms with E-state index in [1.165, 1.54) is 12.1 Å². The van der Waals surface area contributed by atoms with Gasteiger partial charge in [0.15, 0.2) is 6.61 Å². The number of ether oxygens (including phenoxy) is 1. The molecule has 0 aliphatic rings. The lowest BCUT2D eigenvalue weighted by Crippen LogP contribution is -2.20. The Morgan fingerprint density at radius 2 is 1.61 bits per heavy atom. The molecule has 0 aliphatic carbocycles. The highest BCUT2D eigenvalue weighted by molar-refractivity contribution is 9.10. The lowest BCUT2D eigenvalue weighted by Gasteiger charge is -2.13. The smallest absolute Gasteiger partial charge is 0.262 e. The predicted molar refractivity (Wildman–Crippen MR) is 126 cm³/mol. The van der Waals surface area contributed by atoms with Gasteiger partial charge in [0.25, 0.3) is 15.9 Å². The average Bonchev–Trinajstić information content (AvgIpc) is 2.71. The van der Waals surface area contributed by atoms with Gasteiger partial charge in [-0.25, -0.2) is 8.42 Å². The first kappa shape index (κ1) is 22.8. The highest BCUT2D eigenvalue weighted by Gasteiger charge is 2.16. The van der Waals surface area contributed by atoms with Crippen LogP contribution in [0.15, 0.2) is 70.0 Å². The van der Waals surface area contributed by atoms with Gasteiger partial charge in [0.2, 0.25) is 0 Å². The Morgan fingerprint density at radius 1 is 0.968 bits per heavy atom. The molecule has 0 fully saturated rings. The number of aryl methyl sites for hydroxylation is 3. The van der Waals surface area contributed by atoms with Crippen molar-refractivity contribution in [1.82, 2.24) is 0 Å². The van der Waals surface area contributed by atoms with Crippen LogP contribution in [0.5, 0.6) is 5.75 Å².